The molecular weight excluding hydrogens is 346 g/mol. The van der Waals surface area contributed by atoms with Crippen LogP contribution in [-0.2, 0) is 0 Å². The summed E-state index contributed by atoms with van der Waals surface area (Å²) in [4.78, 5) is 24.5. The first-order valence-corrected chi connectivity index (χ1v) is 6.40. The molecule has 8 nitrogen and oxygen atoms in total. The zero-order valence-corrected chi connectivity index (χ0v) is 12.2. The number of pyridine rings is 1. The molecule has 0 spiro atoms. The van der Waals surface area contributed by atoms with Crippen molar-refractivity contribution in [3.63, 3.8) is 0 Å². The van der Waals surface area contributed by atoms with Crippen LogP contribution < -0.4 is 4.74 Å². The topological polar surface area (TPSA) is 108 Å². The van der Waals surface area contributed by atoms with Crippen LogP contribution in [0.15, 0.2) is 34.9 Å². The summed E-state index contributed by atoms with van der Waals surface area (Å²) in [5, 5.41) is 22.0. The van der Waals surface area contributed by atoms with Gasteiger partial charge in [-0.1, -0.05) is 6.07 Å². The number of nitrogens with zero attached hydrogens (tertiary/aromatic N) is 3. The lowest BCUT2D eigenvalue weighted by atomic mass is 10.2. The Morgan fingerprint density at radius 3 is 2.43 bits per heavy atom. The second kappa shape index (κ2) is 5.83. The predicted molar refractivity (Wildman–Crippen MR) is 76.5 cm³/mol. The van der Waals surface area contributed by atoms with Crippen molar-refractivity contribution in [2.45, 2.75) is 6.92 Å². The van der Waals surface area contributed by atoms with Crippen LogP contribution in [0.25, 0.3) is 0 Å². The van der Waals surface area contributed by atoms with Crippen LogP contribution in [0.1, 0.15) is 5.56 Å². The lowest BCUT2D eigenvalue weighted by molar-refractivity contribution is -0.387. The van der Waals surface area contributed by atoms with Crippen molar-refractivity contribution in [3.8, 4) is 11.6 Å². The van der Waals surface area contributed by atoms with Gasteiger partial charge in [0.05, 0.1) is 9.85 Å². The molecule has 0 bridgehead atoms. The van der Waals surface area contributed by atoms with E-state index in [9.17, 15) is 20.2 Å². The van der Waals surface area contributed by atoms with Gasteiger partial charge in [0.15, 0.2) is 0 Å². The summed E-state index contributed by atoms with van der Waals surface area (Å²) in [6.07, 6.45) is 1.31. The molecule has 0 unspecified atom stereocenters. The third kappa shape index (κ3) is 3.31. The molecule has 2 aromatic rings. The third-order valence-corrected chi connectivity index (χ3v) is 2.95. The smallest absolute Gasteiger partial charge is 0.332 e. The van der Waals surface area contributed by atoms with E-state index in [4.69, 9.17) is 4.74 Å². The van der Waals surface area contributed by atoms with Gasteiger partial charge in [-0.2, -0.15) is 0 Å². The molecule has 2 rings (SSSR count). The number of ether oxygens (including phenoxy) is 1. The Morgan fingerprint density at radius 1 is 1.14 bits per heavy atom. The minimum Gasteiger partial charge on any atom is -0.426 e. The Morgan fingerprint density at radius 2 is 1.81 bits per heavy atom. The SMILES string of the molecule is Cc1ccc(Oc2ncc(Br)cc2[N+](=O)[O-])c([N+](=O)[O-])c1. The van der Waals surface area contributed by atoms with Crippen molar-refractivity contribution in [2.24, 2.45) is 0 Å². The number of aromatic nitrogens is 1. The molecular formula is C12H8BrN3O5. The Labute approximate surface area is 126 Å². The summed E-state index contributed by atoms with van der Waals surface area (Å²) >= 11 is 3.07. The minimum absolute atomic E-state index is 0.108. The van der Waals surface area contributed by atoms with E-state index in [2.05, 4.69) is 20.9 Å². The molecule has 0 aliphatic heterocycles. The Bertz CT molecular complexity index is 673. The van der Waals surface area contributed by atoms with Gasteiger partial charge in [0, 0.05) is 22.8 Å². The summed E-state index contributed by atoms with van der Waals surface area (Å²) < 4.78 is 5.66. The summed E-state index contributed by atoms with van der Waals surface area (Å²) in [6, 6.07) is 5.51. The van der Waals surface area contributed by atoms with E-state index >= 15 is 0 Å². The van der Waals surface area contributed by atoms with E-state index in [0.29, 0.717) is 10.0 Å². The van der Waals surface area contributed by atoms with Gasteiger partial charge < -0.3 is 4.74 Å². The van der Waals surface area contributed by atoms with Gasteiger partial charge in [-0.05, 0) is 34.5 Å². The van der Waals surface area contributed by atoms with Crippen LogP contribution >= 0.6 is 15.9 Å². The maximum Gasteiger partial charge on any atom is 0.332 e. The zero-order valence-electron chi connectivity index (χ0n) is 10.6. The fraction of sp³-hybridized carbons (Fsp3) is 0.0833. The number of rotatable bonds is 4. The highest BCUT2D eigenvalue weighted by molar-refractivity contribution is 9.10. The second-order valence-corrected chi connectivity index (χ2v) is 4.98. The number of hydrogen-bond acceptors (Lipinski definition) is 6. The number of halogens is 1. The Kier molecular flexibility index (Phi) is 4.13. The molecule has 108 valence electrons. The number of aryl methyl sites for hydroxylation is 1. The fourth-order valence-corrected chi connectivity index (χ4v) is 1.91. The summed E-state index contributed by atoms with van der Waals surface area (Å²) in [6.45, 7) is 1.69. The van der Waals surface area contributed by atoms with Gasteiger partial charge in [0.1, 0.15) is 0 Å². The minimum atomic E-state index is -0.673. The van der Waals surface area contributed by atoms with Gasteiger partial charge in [-0.3, -0.25) is 20.2 Å². The highest BCUT2D eigenvalue weighted by Gasteiger charge is 2.22. The molecule has 1 aromatic heterocycles. The van der Waals surface area contributed by atoms with Gasteiger partial charge in [0.2, 0.25) is 5.75 Å². The van der Waals surface area contributed by atoms with Crippen LogP contribution in [0.2, 0.25) is 0 Å². The van der Waals surface area contributed by atoms with Gasteiger partial charge in [0.25, 0.3) is 5.88 Å². The van der Waals surface area contributed by atoms with Gasteiger partial charge >= 0.3 is 11.4 Å². The lowest BCUT2D eigenvalue weighted by Gasteiger charge is -2.06. The Hall–Kier alpha value is -2.55. The van der Waals surface area contributed by atoms with Crippen molar-refractivity contribution < 1.29 is 14.6 Å². The Balaban J connectivity index is 2.48. The molecule has 21 heavy (non-hydrogen) atoms. The molecule has 0 aliphatic carbocycles. The first-order chi connectivity index (χ1) is 9.88. The lowest BCUT2D eigenvalue weighted by Crippen LogP contribution is -1.99. The standard InChI is InChI=1S/C12H8BrN3O5/c1-7-2-3-11(9(4-7)15(17)18)21-12-10(16(19)20)5-8(13)6-14-12/h2-6H,1H3. The average molecular weight is 354 g/mol. The van der Waals surface area contributed by atoms with E-state index in [1.165, 1.54) is 24.4 Å². The average Bonchev–Trinajstić information content (AvgIpc) is 2.42. The van der Waals surface area contributed by atoms with E-state index in [1.807, 2.05) is 0 Å². The van der Waals surface area contributed by atoms with Crippen LogP contribution in [0, 0.1) is 27.2 Å². The zero-order chi connectivity index (χ0) is 15.6. The monoisotopic (exact) mass is 353 g/mol. The van der Waals surface area contributed by atoms with Crippen LogP contribution in [0.3, 0.4) is 0 Å². The molecule has 0 N–H and O–H groups in total. The quantitative estimate of drug-likeness (QED) is 0.611. The summed E-state index contributed by atoms with van der Waals surface area (Å²) in [7, 11) is 0. The molecule has 1 aromatic carbocycles. The predicted octanol–water partition coefficient (Wildman–Crippen LogP) is 3.76. The van der Waals surface area contributed by atoms with Crippen LogP contribution in [0.5, 0.6) is 11.6 Å². The van der Waals surface area contributed by atoms with E-state index in [-0.39, 0.29) is 23.0 Å². The second-order valence-electron chi connectivity index (χ2n) is 4.07. The first kappa shape index (κ1) is 14.9. The molecule has 0 saturated heterocycles. The molecule has 0 radical (unpaired) electrons. The van der Waals surface area contributed by atoms with E-state index in [0.717, 1.165) is 0 Å². The molecule has 9 heteroatoms. The summed E-state index contributed by atoms with van der Waals surface area (Å²) in [5.41, 5.74) is 0.000537. The first-order valence-electron chi connectivity index (χ1n) is 5.61. The number of nitro groups is 2. The molecule has 0 amide bonds. The van der Waals surface area contributed by atoms with Crippen molar-refractivity contribution in [3.05, 3.63) is 60.7 Å². The molecule has 0 aliphatic rings. The molecule has 1 heterocycles. The third-order valence-electron chi connectivity index (χ3n) is 2.51. The molecule has 0 fully saturated rings. The van der Waals surface area contributed by atoms with E-state index < -0.39 is 9.85 Å². The maximum absolute atomic E-state index is 11.0. The summed E-state index contributed by atoms with van der Waals surface area (Å²) in [5.74, 6) is -0.418. The van der Waals surface area contributed by atoms with Crippen molar-refractivity contribution in [1.29, 1.82) is 0 Å². The van der Waals surface area contributed by atoms with Gasteiger partial charge in [-0.25, -0.2) is 4.98 Å². The molecule has 0 saturated carbocycles. The highest BCUT2D eigenvalue weighted by Crippen LogP contribution is 2.36. The van der Waals surface area contributed by atoms with Crippen molar-refractivity contribution in [2.75, 3.05) is 0 Å². The van der Waals surface area contributed by atoms with Gasteiger partial charge in [-0.15, -0.1) is 0 Å². The van der Waals surface area contributed by atoms with Crippen LogP contribution in [0.4, 0.5) is 11.4 Å². The fourth-order valence-electron chi connectivity index (χ4n) is 1.59. The van der Waals surface area contributed by atoms with Crippen LogP contribution in [-0.4, -0.2) is 14.8 Å². The maximum atomic E-state index is 11.0. The number of nitro benzene ring substituents is 1. The van der Waals surface area contributed by atoms with Crippen molar-refractivity contribution >= 4 is 27.3 Å². The normalized spacial score (nSPS) is 10.2. The van der Waals surface area contributed by atoms with Crippen molar-refractivity contribution in [1.82, 2.24) is 4.98 Å². The number of benzene rings is 1. The highest BCUT2D eigenvalue weighted by atomic mass is 79.9. The largest absolute Gasteiger partial charge is 0.426 e. The molecule has 0 atom stereocenters. The number of hydrogen-bond donors (Lipinski definition) is 0. The van der Waals surface area contributed by atoms with E-state index in [1.54, 1.807) is 13.0 Å².